The van der Waals surface area contributed by atoms with Gasteiger partial charge in [0.2, 0.25) is 0 Å². The smallest absolute Gasteiger partial charge is 0.269 e. The molecule has 0 spiro atoms. The van der Waals surface area contributed by atoms with Gasteiger partial charge in [0.15, 0.2) is 0 Å². The number of benzene rings is 1. The fraction of sp³-hybridized carbons (Fsp3) is 0.312. The van der Waals surface area contributed by atoms with E-state index in [-0.39, 0.29) is 10.6 Å². The largest absolute Gasteiger partial charge is 0.371 e. The van der Waals surface area contributed by atoms with E-state index in [9.17, 15) is 10.1 Å². The van der Waals surface area contributed by atoms with Crippen LogP contribution in [0.25, 0.3) is 0 Å². The predicted molar refractivity (Wildman–Crippen MR) is 81.5 cm³/mol. The first-order valence-electron chi connectivity index (χ1n) is 7.13. The van der Waals surface area contributed by atoms with Crippen molar-refractivity contribution >= 4 is 11.4 Å². The molecular formula is C16H17N3O2. The van der Waals surface area contributed by atoms with E-state index in [4.69, 9.17) is 0 Å². The van der Waals surface area contributed by atoms with Gasteiger partial charge in [-0.1, -0.05) is 12.1 Å². The first-order chi connectivity index (χ1) is 10.2. The Morgan fingerprint density at radius 3 is 2.24 bits per heavy atom. The Morgan fingerprint density at radius 1 is 1.05 bits per heavy atom. The topological polar surface area (TPSA) is 59.3 Å². The molecule has 5 nitrogen and oxygen atoms in total. The number of aromatic nitrogens is 1. The Labute approximate surface area is 123 Å². The zero-order valence-corrected chi connectivity index (χ0v) is 11.7. The quantitative estimate of drug-likeness (QED) is 0.640. The van der Waals surface area contributed by atoms with Crippen LogP contribution in [0.1, 0.15) is 24.3 Å². The second-order valence-corrected chi connectivity index (χ2v) is 5.32. The van der Waals surface area contributed by atoms with Crippen molar-refractivity contribution < 1.29 is 4.92 Å². The SMILES string of the molecule is O=[N+]([O-])c1ccc(C2CCN(c3ccncc3)CC2)cc1. The van der Waals surface area contributed by atoms with E-state index >= 15 is 0 Å². The van der Waals surface area contributed by atoms with Gasteiger partial charge in [-0.05, 0) is 36.5 Å². The summed E-state index contributed by atoms with van der Waals surface area (Å²) in [4.78, 5) is 16.7. The summed E-state index contributed by atoms with van der Waals surface area (Å²) >= 11 is 0. The summed E-state index contributed by atoms with van der Waals surface area (Å²) in [6, 6.07) is 11.1. The van der Waals surface area contributed by atoms with Gasteiger partial charge in [-0.25, -0.2) is 0 Å². The van der Waals surface area contributed by atoms with E-state index in [0.29, 0.717) is 5.92 Å². The van der Waals surface area contributed by atoms with Crippen LogP contribution >= 0.6 is 0 Å². The third-order valence-corrected chi connectivity index (χ3v) is 4.10. The molecule has 2 heterocycles. The van der Waals surface area contributed by atoms with E-state index in [1.807, 2.05) is 36.7 Å². The number of non-ortho nitro benzene ring substituents is 1. The maximum Gasteiger partial charge on any atom is 0.269 e. The van der Waals surface area contributed by atoms with E-state index in [1.165, 1.54) is 11.3 Å². The van der Waals surface area contributed by atoms with Crippen molar-refractivity contribution in [1.82, 2.24) is 4.98 Å². The van der Waals surface area contributed by atoms with Gasteiger partial charge in [-0.3, -0.25) is 15.1 Å². The molecule has 0 N–H and O–H groups in total. The zero-order chi connectivity index (χ0) is 14.7. The lowest BCUT2D eigenvalue weighted by molar-refractivity contribution is -0.384. The molecule has 0 radical (unpaired) electrons. The van der Waals surface area contributed by atoms with Gasteiger partial charge in [0.25, 0.3) is 5.69 Å². The van der Waals surface area contributed by atoms with Crippen molar-refractivity contribution in [3.8, 4) is 0 Å². The Bertz CT molecular complexity index is 605. The van der Waals surface area contributed by atoms with Crippen LogP contribution in [-0.4, -0.2) is 23.0 Å². The summed E-state index contributed by atoms with van der Waals surface area (Å²) in [6.07, 6.45) is 5.77. The highest BCUT2D eigenvalue weighted by atomic mass is 16.6. The van der Waals surface area contributed by atoms with Crippen LogP contribution in [0, 0.1) is 10.1 Å². The molecule has 0 unspecified atom stereocenters. The lowest BCUT2D eigenvalue weighted by atomic mass is 9.89. The van der Waals surface area contributed by atoms with Crippen molar-refractivity contribution in [3.05, 3.63) is 64.5 Å². The Balaban J connectivity index is 1.64. The molecule has 1 aromatic heterocycles. The van der Waals surface area contributed by atoms with Crippen LogP contribution in [0.4, 0.5) is 11.4 Å². The van der Waals surface area contributed by atoms with Gasteiger partial charge in [-0.15, -0.1) is 0 Å². The molecule has 2 aromatic rings. The predicted octanol–water partition coefficient (Wildman–Crippen LogP) is 3.37. The van der Waals surface area contributed by atoms with Crippen molar-refractivity contribution in [2.24, 2.45) is 0 Å². The normalized spacial score (nSPS) is 15.9. The minimum Gasteiger partial charge on any atom is -0.371 e. The van der Waals surface area contributed by atoms with Gasteiger partial charge >= 0.3 is 0 Å². The fourth-order valence-electron chi connectivity index (χ4n) is 2.89. The van der Waals surface area contributed by atoms with Crippen LogP contribution in [0.3, 0.4) is 0 Å². The van der Waals surface area contributed by atoms with Crippen molar-refractivity contribution in [3.63, 3.8) is 0 Å². The maximum atomic E-state index is 10.7. The Morgan fingerprint density at radius 2 is 1.67 bits per heavy atom. The second-order valence-electron chi connectivity index (χ2n) is 5.32. The minimum absolute atomic E-state index is 0.160. The molecule has 108 valence electrons. The summed E-state index contributed by atoms with van der Waals surface area (Å²) in [5, 5.41) is 10.7. The molecule has 1 aromatic carbocycles. The van der Waals surface area contributed by atoms with E-state index in [2.05, 4.69) is 9.88 Å². The van der Waals surface area contributed by atoms with Gasteiger partial charge < -0.3 is 4.90 Å². The van der Waals surface area contributed by atoms with Crippen molar-refractivity contribution in [2.75, 3.05) is 18.0 Å². The summed E-state index contributed by atoms with van der Waals surface area (Å²) in [6.45, 7) is 2.01. The van der Waals surface area contributed by atoms with E-state index in [0.717, 1.165) is 25.9 Å². The third kappa shape index (κ3) is 3.02. The van der Waals surface area contributed by atoms with Crippen LogP contribution in [0.15, 0.2) is 48.8 Å². The number of anilines is 1. The molecule has 1 saturated heterocycles. The van der Waals surface area contributed by atoms with Gasteiger partial charge in [0.1, 0.15) is 0 Å². The Hall–Kier alpha value is -2.43. The molecule has 0 atom stereocenters. The first kappa shape index (κ1) is 13.5. The molecule has 0 amide bonds. The molecule has 1 aliphatic heterocycles. The molecule has 0 saturated carbocycles. The van der Waals surface area contributed by atoms with E-state index < -0.39 is 0 Å². The van der Waals surface area contributed by atoms with Crippen LogP contribution in [0.2, 0.25) is 0 Å². The van der Waals surface area contributed by atoms with Crippen LogP contribution in [-0.2, 0) is 0 Å². The van der Waals surface area contributed by atoms with Crippen LogP contribution < -0.4 is 4.90 Å². The molecule has 21 heavy (non-hydrogen) atoms. The number of piperidine rings is 1. The number of pyridine rings is 1. The second kappa shape index (κ2) is 5.91. The monoisotopic (exact) mass is 283 g/mol. The summed E-state index contributed by atoms with van der Waals surface area (Å²) in [5.41, 5.74) is 2.58. The van der Waals surface area contributed by atoms with Gasteiger partial charge in [0.05, 0.1) is 4.92 Å². The number of nitro groups is 1. The molecule has 0 aliphatic carbocycles. The molecule has 3 rings (SSSR count). The van der Waals surface area contributed by atoms with Gasteiger partial charge in [-0.2, -0.15) is 0 Å². The highest BCUT2D eigenvalue weighted by Crippen LogP contribution is 2.31. The summed E-state index contributed by atoms with van der Waals surface area (Å²) in [5.74, 6) is 0.490. The van der Waals surface area contributed by atoms with E-state index in [1.54, 1.807) is 12.1 Å². The standard InChI is InChI=1S/C16H17N3O2/c20-19(21)16-3-1-13(2-4-16)14-7-11-18(12-8-14)15-5-9-17-10-6-15/h1-6,9-10,14H,7-8,11-12H2. The molecular weight excluding hydrogens is 266 g/mol. The number of hydrogen-bond acceptors (Lipinski definition) is 4. The molecule has 0 bridgehead atoms. The van der Waals surface area contributed by atoms with Gasteiger partial charge in [0, 0.05) is 43.3 Å². The highest BCUT2D eigenvalue weighted by Gasteiger charge is 2.21. The average Bonchev–Trinajstić information content (AvgIpc) is 2.56. The average molecular weight is 283 g/mol. The fourth-order valence-corrected chi connectivity index (χ4v) is 2.89. The summed E-state index contributed by atoms with van der Waals surface area (Å²) < 4.78 is 0. The van der Waals surface area contributed by atoms with Crippen molar-refractivity contribution in [1.29, 1.82) is 0 Å². The van der Waals surface area contributed by atoms with Crippen molar-refractivity contribution in [2.45, 2.75) is 18.8 Å². The number of hydrogen-bond donors (Lipinski definition) is 0. The molecule has 5 heteroatoms. The number of nitro benzene ring substituents is 1. The number of rotatable bonds is 3. The summed E-state index contributed by atoms with van der Waals surface area (Å²) in [7, 11) is 0. The van der Waals surface area contributed by atoms with Crippen LogP contribution in [0.5, 0.6) is 0 Å². The lowest BCUT2D eigenvalue weighted by Crippen LogP contribution is -2.32. The zero-order valence-electron chi connectivity index (χ0n) is 11.7. The minimum atomic E-state index is -0.351. The Kier molecular flexibility index (Phi) is 3.81. The highest BCUT2D eigenvalue weighted by molar-refractivity contribution is 5.45. The third-order valence-electron chi connectivity index (χ3n) is 4.10. The first-order valence-corrected chi connectivity index (χ1v) is 7.13. The molecule has 1 fully saturated rings. The lowest BCUT2D eigenvalue weighted by Gasteiger charge is -2.33. The molecule has 1 aliphatic rings. The number of nitrogens with zero attached hydrogens (tertiary/aromatic N) is 3. The maximum absolute atomic E-state index is 10.7.